The van der Waals surface area contributed by atoms with Crippen LogP contribution >= 0.6 is 0 Å². The second-order valence-electron chi connectivity index (χ2n) is 1.62. The minimum atomic E-state index is -0.461. The Morgan fingerprint density at radius 3 is 2.33 bits per heavy atom. The van der Waals surface area contributed by atoms with Gasteiger partial charge in [-0.3, -0.25) is 9.59 Å². The standard InChI is InChI=1S/C6H10O3/c1-3-9-4-6(8)5(2)7/h3-4H2,1-2H3. The molecule has 0 atom stereocenters. The summed E-state index contributed by atoms with van der Waals surface area (Å²) >= 11 is 0. The van der Waals surface area contributed by atoms with E-state index in [1.54, 1.807) is 6.92 Å². The lowest BCUT2D eigenvalue weighted by molar-refractivity contribution is -0.138. The van der Waals surface area contributed by atoms with Gasteiger partial charge in [-0.15, -0.1) is 0 Å². The molecule has 0 bridgehead atoms. The molecule has 0 N–H and O–H groups in total. The lowest BCUT2D eigenvalue weighted by atomic mass is 10.3. The first-order valence-corrected chi connectivity index (χ1v) is 2.80. The minimum Gasteiger partial charge on any atom is -0.373 e. The highest BCUT2D eigenvalue weighted by Gasteiger charge is 2.05. The van der Waals surface area contributed by atoms with Gasteiger partial charge in [0.05, 0.1) is 0 Å². The summed E-state index contributed by atoms with van der Waals surface area (Å²) in [5.74, 6) is -0.902. The Morgan fingerprint density at radius 2 is 2.00 bits per heavy atom. The van der Waals surface area contributed by atoms with Gasteiger partial charge in [-0.1, -0.05) is 0 Å². The molecule has 0 saturated heterocycles. The molecule has 0 aliphatic rings. The fourth-order valence-electron chi connectivity index (χ4n) is 0.296. The second-order valence-corrected chi connectivity index (χ2v) is 1.62. The monoisotopic (exact) mass is 130 g/mol. The summed E-state index contributed by atoms with van der Waals surface area (Å²) in [5, 5.41) is 0. The van der Waals surface area contributed by atoms with E-state index in [-0.39, 0.29) is 6.61 Å². The van der Waals surface area contributed by atoms with Crippen molar-refractivity contribution in [1.82, 2.24) is 0 Å². The summed E-state index contributed by atoms with van der Waals surface area (Å²) in [6, 6.07) is 0. The van der Waals surface area contributed by atoms with Crippen LogP contribution in [0.1, 0.15) is 13.8 Å². The fraction of sp³-hybridized carbons (Fsp3) is 0.667. The maximum Gasteiger partial charge on any atom is 0.223 e. The molecular formula is C6H10O3. The zero-order valence-corrected chi connectivity index (χ0v) is 5.64. The predicted molar refractivity (Wildman–Crippen MR) is 32.2 cm³/mol. The number of carbonyl (C=O) groups excluding carboxylic acids is 2. The van der Waals surface area contributed by atoms with E-state index >= 15 is 0 Å². The quantitative estimate of drug-likeness (QED) is 0.510. The third kappa shape index (κ3) is 3.85. The molecule has 3 heteroatoms. The SMILES string of the molecule is CCOCC(=O)C(C)=O. The molecule has 3 nitrogen and oxygen atoms in total. The molecule has 0 aromatic rings. The number of hydrogen-bond acceptors (Lipinski definition) is 3. The van der Waals surface area contributed by atoms with Crippen LogP contribution in [0.25, 0.3) is 0 Å². The van der Waals surface area contributed by atoms with E-state index in [0.717, 1.165) is 0 Å². The van der Waals surface area contributed by atoms with Crippen molar-refractivity contribution in [2.75, 3.05) is 13.2 Å². The Kier molecular flexibility index (Phi) is 3.88. The molecule has 0 unspecified atom stereocenters. The number of ether oxygens (including phenoxy) is 1. The van der Waals surface area contributed by atoms with Crippen molar-refractivity contribution in [3.8, 4) is 0 Å². The molecule has 0 heterocycles. The van der Waals surface area contributed by atoms with Crippen LogP contribution < -0.4 is 0 Å². The van der Waals surface area contributed by atoms with Gasteiger partial charge in [0, 0.05) is 13.5 Å². The Hall–Kier alpha value is -0.700. The molecule has 0 amide bonds. The van der Waals surface area contributed by atoms with Crippen molar-refractivity contribution in [3.05, 3.63) is 0 Å². The third-order valence-electron chi connectivity index (χ3n) is 0.830. The maximum atomic E-state index is 10.4. The normalized spacial score (nSPS) is 9.11. The van der Waals surface area contributed by atoms with Gasteiger partial charge in [-0.25, -0.2) is 0 Å². The molecule has 0 rings (SSSR count). The van der Waals surface area contributed by atoms with Gasteiger partial charge >= 0.3 is 0 Å². The number of rotatable bonds is 4. The van der Waals surface area contributed by atoms with Gasteiger partial charge in [0.1, 0.15) is 6.61 Å². The Morgan fingerprint density at radius 1 is 1.44 bits per heavy atom. The smallest absolute Gasteiger partial charge is 0.223 e. The van der Waals surface area contributed by atoms with Gasteiger partial charge in [0.2, 0.25) is 5.78 Å². The van der Waals surface area contributed by atoms with Crippen molar-refractivity contribution >= 4 is 11.6 Å². The third-order valence-corrected chi connectivity index (χ3v) is 0.830. The van der Waals surface area contributed by atoms with Crippen LogP contribution in [0.4, 0.5) is 0 Å². The first-order valence-electron chi connectivity index (χ1n) is 2.80. The van der Waals surface area contributed by atoms with Crippen molar-refractivity contribution in [3.63, 3.8) is 0 Å². The zero-order chi connectivity index (χ0) is 7.28. The fourth-order valence-corrected chi connectivity index (χ4v) is 0.296. The molecule has 0 saturated carbocycles. The van der Waals surface area contributed by atoms with Crippen LogP contribution in [0.3, 0.4) is 0 Å². The lowest BCUT2D eigenvalue weighted by Crippen LogP contribution is -2.16. The number of Topliss-reactive ketones (excluding diaryl/α,β-unsaturated/α-hetero) is 2. The van der Waals surface area contributed by atoms with E-state index in [4.69, 9.17) is 0 Å². The molecule has 0 aromatic carbocycles. The molecule has 0 aromatic heterocycles. The highest BCUT2D eigenvalue weighted by molar-refractivity contribution is 6.36. The number of hydrogen-bond donors (Lipinski definition) is 0. The van der Waals surface area contributed by atoms with Crippen molar-refractivity contribution in [2.45, 2.75) is 13.8 Å². The van der Waals surface area contributed by atoms with Crippen LogP contribution in [-0.2, 0) is 14.3 Å². The molecular weight excluding hydrogens is 120 g/mol. The van der Waals surface area contributed by atoms with E-state index in [0.29, 0.717) is 6.61 Å². The van der Waals surface area contributed by atoms with E-state index in [2.05, 4.69) is 4.74 Å². The van der Waals surface area contributed by atoms with Crippen molar-refractivity contribution in [1.29, 1.82) is 0 Å². The van der Waals surface area contributed by atoms with E-state index in [1.165, 1.54) is 6.92 Å². The Balaban J connectivity index is 3.39. The topological polar surface area (TPSA) is 43.4 Å². The zero-order valence-electron chi connectivity index (χ0n) is 5.64. The van der Waals surface area contributed by atoms with Crippen molar-refractivity contribution in [2.24, 2.45) is 0 Å². The highest BCUT2D eigenvalue weighted by Crippen LogP contribution is 1.78. The average molecular weight is 130 g/mol. The van der Waals surface area contributed by atoms with E-state index in [9.17, 15) is 9.59 Å². The van der Waals surface area contributed by atoms with Crippen LogP contribution in [0, 0.1) is 0 Å². The summed E-state index contributed by atoms with van der Waals surface area (Å²) in [6.07, 6.45) is 0. The maximum absolute atomic E-state index is 10.4. The van der Waals surface area contributed by atoms with Gasteiger partial charge < -0.3 is 4.74 Å². The summed E-state index contributed by atoms with van der Waals surface area (Å²) in [5.41, 5.74) is 0. The Bertz CT molecular complexity index is 117. The first kappa shape index (κ1) is 8.30. The number of carbonyl (C=O) groups is 2. The van der Waals surface area contributed by atoms with E-state index in [1.807, 2.05) is 0 Å². The summed E-state index contributed by atoms with van der Waals surface area (Å²) < 4.78 is 4.69. The van der Waals surface area contributed by atoms with Crippen LogP contribution in [0.5, 0.6) is 0 Å². The van der Waals surface area contributed by atoms with Crippen LogP contribution in [0.15, 0.2) is 0 Å². The van der Waals surface area contributed by atoms with E-state index < -0.39 is 11.6 Å². The molecule has 0 aliphatic heterocycles. The van der Waals surface area contributed by atoms with Crippen LogP contribution in [0.2, 0.25) is 0 Å². The predicted octanol–water partition coefficient (Wildman–Crippen LogP) is 0.181. The van der Waals surface area contributed by atoms with Gasteiger partial charge in [-0.05, 0) is 6.92 Å². The Labute approximate surface area is 54.0 Å². The average Bonchev–Trinajstić information content (AvgIpc) is 1.82. The molecule has 0 spiro atoms. The molecule has 52 valence electrons. The van der Waals surface area contributed by atoms with Gasteiger partial charge in [-0.2, -0.15) is 0 Å². The van der Waals surface area contributed by atoms with Gasteiger partial charge in [0.25, 0.3) is 0 Å². The molecule has 9 heavy (non-hydrogen) atoms. The number of ketones is 2. The largest absolute Gasteiger partial charge is 0.373 e. The molecule has 0 aliphatic carbocycles. The summed E-state index contributed by atoms with van der Waals surface area (Å²) in [7, 11) is 0. The van der Waals surface area contributed by atoms with Gasteiger partial charge in [0.15, 0.2) is 5.78 Å². The highest BCUT2D eigenvalue weighted by atomic mass is 16.5. The lowest BCUT2D eigenvalue weighted by Gasteiger charge is -1.94. The first-order chi connectivity index (χ1) is 4.18. The van der Waals surface area contributed by atoms with Crippen LogP contribution in [-0.4, -0.2) is 24.8 Å². The molecule has 0 fully saturated rings. The summed E-state index contributed by atoms with van der Waals surface area (Å²) in [4.78, 5) is 20.6. The molecule has 0 radical (unpaired) electrons. The minimum absolute atomic E-state index is 0.0775. The second kappa shape index (κ2) is 4.21. The van der Waals surface area contributed by atoms with Crippen molar-refractivity contribution < 1.29 is 14.3 Å². The summed E-state index contributed by atoms with van der Waals surface area (Å²) in [6.45, 7) is 3.40.